The molecule has 5 heteroatoms. The molecule has 1 aromatic rings. The van der Waals surface area contributed by atoms with E-state index in [9.17, 15) is 9.18 Å². The molecular weight excluding hydrogens is 295 g/mol. The highest BCUT2D eigenvalue weighted by molar-refractivity contribution is 5.79. The van der Waals surface area contributed by atoms with E-state index < -0.39 is 0 Å². The quantitative estimate of drug-likeness (QED) is 0.855. The first-order chi connectivity index (χ1) is 11.2. The number of hydrogen-bond donors (Lipinski definition) is 0. The molecule has 2 fully saturated rings. The Hall–Kier alpha value is -1.62. The summed E-state index contributed by atoms with van der Waals surface area (Å²) in [6.07, 6.45) is 4.51. The summed E-state index contributed by atoms with van der Waals surface area (Å²) in [4.78, 5) is 16.7. The summed E-state index contributed by atoms with van der Waals surface area (Å²) in [5, 5.41) is 0. The van der Waals surface area contributed by atoms with E-state index in [1.165, 1.54) is 26.0 Å². The number of ether oxygens (including phenoxy) is 1. The zero-order chi connectivity index (χ0) is 16.2. The van der Waals surface area contributed by atoms with Gasteiger partial charge in [-0.3, -0.25) is 9.69 Å². The maximum atomic E-state index is 13.7. The van der Waals surface area contributed by atoms with Crippen LogP contribution in [0.2, 0.25) is 0 Å². The second-order valence-electron chi connectivity index (χ2n) is 6.55. The van der Waals surface area contributed by atoms with Gasteiger partial charge in [0.1, 0.15) is 0 Å². The molecule has 0 spiro atoms. The normalized spacial score (nSPS) is 20.0. The summed E-state index contributed by atoms with van der Waals surface area (Å²) in [6.45, 7) is 3.99. The lowest BCUT2D eigenvalue weighted by Crippen LogP contribution is -2.49. The van der Waals surface area contributed by atoms with Crippen molar-refractivity contribution in [1.29, 1.82) is 0 Å². The van der Waals surface area contributed by atoms with Gasteiger partial charge < -0.3 is 9.64 Å². The molecule has 1 amide bonds. The van der Waals surface area contributed by atoms with Gasteiger partial charge in [-0.25, -0.2) is 4.39 Å². The molecule has 23 heavy (non-hydrogen) atoms. The predicted octanol–water partition coefficient (Wildman–Crippen LogP) is 2.67. The van der Waals surface area contributed by atoms with Gasteiger partial charge in [0.2, 0.25) is 5.91 Å². The molecule has 2 aliphatic rings. The third-order valence-electron chi connectivity index (χ3n) is 5.01. The molecule has 1 saturated heterocycles. The van der Waals surface area contributed by atoms with E-state index in [1.807, 2.05) is 11.0 Å². The summed E-state index contributed by atoms with van der Waals surface area (Å²) in [6, 6.07) is 5.11. The number of rotatable bonds is 4. The molecule has 0 bridgehead atoms. The van der Waals surface area contributed by atoms with Gasteiger partial charge in [-0.15, -0.1) is 0 Å². The Morgan fingerprint density at radius 2 is 1.91 bits per heavy atom. The van der Waals surface area contributed by atoms with Crippen LogP contribution in [0.3, 0.4) is 0 Å². The van der Waals surface area contributed by atoms with E-state index in [4.69, 9.17) is 4.74 Å². The molecule has 1 heterocycles. The fourth-order valence-electron chi connectivity index (χ4n) is 3.62. The first kappa shape index (κ1) is 16.2. The Balaban J connectivity index is 1.51. The fourth-order valence-corrected chi connectivity index (χ4v) is 3.62. The third-order valence-corrected chi connectivity index (χ3v) is 5.01. The number of methoxy groups -OCH3 is 1. The highest BCUT2D eigenvalue weighted by atomic mass is 19.1. The van der Waals surface area contributed by atoms with Crippen LogP contribution >= 0.6 is 0 Å². The first-order valence-electron chi connectivity index (χ1n) is 8.51. The number of benzene rings is 1. The molecule has 1 aromatic carbocycles. The van der Waals surface area contributed by atoms with Crippen LogP contribution in [0.1, 0.15) is 31.2 Å². The van der Waals surface area contributed by atoms with Gasteiger partial charge in [-0.1, -0.05) is 18.9 Å². The highest BCUT2D eigenvalue weighted by Crippen LogP contribution is 2.27. The number of halogens is 1. The molecule has 0 aromatic heterocycles. The van der Waals surface area contributed by atoms with E-state index in [0.29, 0.717) is 12.5 Å². The van der Waals surface area contributed by atoms with Gasteiger partial charge in [0, 0.05) is 38.6 Å². The van der Waals surface area contributed by atoms with Crippen molar-refractivity contribution in [3.8, 4) is 5.75 Å². The number of hydrogen-bond acceptors (Lipinski definition) is 3. The molecule has 1 aliphatic heterocycles. The highest BCUT2D eigenvalue weighted by Gasteiger charge is 2.29. The maximum absolute atomic E-state index is 13.7. The van der Waals surface area contributed by atoms with Gasteiger partial charge in [0.15, 0.2) is 11.6 Å². The van der Waals surface area contributed by atoms with Crippen molar-refractivity contribution in [3.63, 3.8) is 0 Å². The molecule has 0 radical (unpaired) electrons. The van der Waals surface area contributed by atoms with E-state index >= 15 is 0 Å². The first-order valence-corrected chi connectivity index (χ1v) is 8.51. The standard InChI is InChI=1S/C18H25FN2O2/c1-23-17-7-6-14(12-16(17)19)13-20-8-10-21(11-9-20)18(22)15-4-2-3-5-15/h6-7,12,15H,2-5,8-11,13H2,1H3. The molecule has 126 valence electrons. The lowest BCUT2D eigenvalue weighted by molar-refractivity contribution is -0.137. The molecule has 0 unspecified atom stereocenters. The molecule has 1 aliphatic carbocycles. The predicted molar refractivity (Wildman–Crippen MR) is 86.8 cm³/mol. The monoisotopic (exact) mass is 320 g/mol. The minimum atomic E-state index is -0.319. The van der Waals surface area contributed by atoms with E-state index in [-0.39, 0.29) is 17.5 Å². The van der Waals surface area contributed by atoms with Crippen LogP contribution in [0.25, 0.3) is 0 Å². The van der Waals surface area contributed by atoms with Crippen molar-refractivity contribution < 1.29 is 13.9 Å². The van der Waals surface area contributed by atoms with Crippen molar-refractivity contribution in [2.75, 3.05) is 33.3 Å². The zero-order valence-corrected chi connectivity index (χ0v) is 13.8. The topological polar surface area (TPSA) is 32.8 Å². The smallest absolute Gasteiger partial charge is 0.225 e. The van der Waals surface area contributed by atoms with Crippen LogP contribution in [0.4, 0.5) is 4.39 Å². The van der Waals surface area contributed by atoms with Crippen LogP contribution in [0.5, 0.6) is 5.75 Å². The zero-order valence-electron chi connectivity index (χ0n) is 13.8. The van der Waals surface area contributed by atoms with E-state index in [2.05, 4.69) is 4.90 Å². The summed E-state index contributed by atoms with van der Waals surface area (Å²) in [5.41, 5.74) is 0.943. The Kier molecular flexibility index (Phi) is 5.16. The second-order valence-corrected chi connectivity index (χ2v) is 6.55. The average molecular weight is 320 g/mol. The van der Waals surface area contributed by atoms with Crippen molar-refractivity contribution >= 4 is 5.91 Å². The minimum absolute atomic E-state index is 0.261. The number of amides is 1. The molecule has 0 N–H and O–H groups in total. The van der Waals surface area contributed by atoms with Crippen molar-refractivity contribution in [2.45, 2.75) is 32.2 Å². The van der Waals surface area contributed by atoms with E-state index in [1.54, 1.807) is 6.07 Å². The van der Waals surface area contributed by atoms with Gasteiger partial charge in [-0.05, 0) is 30.5 Å². The number of carbonyl (C=O) groups excluding carboxylic acids is 1. The lowest BCUT2D eigenvalue weighted by Gasteiger charge is -2.36. The van der Waals surface area contributed by atoms with Gasteiger partial charge in [0.05, 0.1) is 7.11 Å². The third kappa shape index (κ3) is 3.83. The minimum Gasteiger partial charge on any atom is -0.494 e. The number of carbonyl (C=O) groups is 1. The Morgan fingerprint density at radius 3 is 2.52 bits per heavy atom. The van der Waals surface area contributed by atoms with E-state index in [0.717, 1.165) is 44.6 Å². The molecular formula is C18H25FN2O2. The molecule has 3 rings (SSSR count). The van der Waals surface area contributed by atoms with Crippen molar-refractivity contribution in [3.05, 3.63) is 29.6 Å². The van der Waals surface area contributed by atoms with Crippen LogP contribution in [0.15, 0.2) is 18.2 Å². The Bertz CT molecular complexity index is 550. The van der Waals surface area contributed by atoms with Crippen LogP contribution < -0.4 is 4.74 Å². The number of nitrogens with zero attached hydrogens (tertiary/aromatic N) is 2. The van der Waals surface area contributed by atoms with Gasteiger partial charge >= 0.3 is 0 Å². The maximum Gasteiger partial charge on any atom is 0.225 e. The summed E-state index contributed by atoms with van der Waals surface area (Å²) >= 11 is 0. The summed E-state index contributed by atoms with van der Waals surface area (Å²) in [5.74, 6) is 0.565. The summed E-state index contributed by atoms with van der Waals surface area (Å²) < 4.78 is 18.7. The SMILES string of the molecule is COc1ccc(CN2CCN(C(=O)C3CCCC3)CC2)cc1F. The largest absolute Gasteiger partial charge is 0.494 e. The Morgan fingerprint density at radius 1 is 1.22 bits per heavy atom. The van der Waals surface area contributed by atoms with Crippen molar-refractivity contribution in [2.24, 2.45) is 5.92 Å². The average Bonchev–Trinajstić information content (AvgIpc) is 3.09. The second kappa shape index (κ2) is 7.30. The van der Waals surface area contributed by atoms with Crippen LogP contribution in [-0.4, -0.2) is 49.0 Å². The Labute approximate surface area is 137 Å². The molecule has 0 atom stereocenters. The fraction of sp³-hybridized carbons (Fsp3) is 0.611. The van der Waals surface area contributed by atoms with Crippen LogP contribution in [-0.2, 0) is 11.3 Å². The van der Waals surface area contributed by atoms with Crippen LogP contribution in [0, 0.1) is 11.7 Å². The molecule has 4 nitrogen and oxygen atoms in total. The summed E-state index contributed by atoms with van der Waals surface area (Å²) in [7, 11) is 1.47. The number of piperazine rings is 1. The van der Waals surface area contributed by atoms with Gasteiger partial charge in [-0.2, -0.15) is 0 Å². The lowest BCUT2D eigenvalue weighted by atomic mass is 10.1. The van der Waals surface area contributed by atoms with Crippen molar-refractivity contribution in [1.82, 2.24) is 9.80 Å². The molecule has 1 saturated carbocycles. The van der Waals surface area contributed by atoms with Gasteiger partial charge in [0.25, 0.3) is 0 Å².